The highest BCUT2D eigenvalue weighted by molar-refractivity contribution is 7.99. The maximum Gasteiger partial charge on any atom is 0.325 e. The number of carbonyl (C=O) groups is 1. The molecule has 1 aliphatic heterocycles. The largest absolute Gasteiger partial charge is 0.465 e. The number of hydrogen-bond acceptors (Lipinski definition) is 6. The first kappa shape index (κ1) is 14.8. The third-order valence-electron chi connectivity index (χ3n) is 2.70. The van der Waals surface area contributed by atoms with Gasteiger partial charge in [0.15, 0.2) is 0 Å². The second kappa shape index (κ2) is 6.25. The van der Waals surface area contributed by atoms with E-state index in [1.165, 1.54) is 4.31 Å². The Morgan fingerprint density at radius 1 is 1.58 bits per heavy atom. The fourth-order valence-corrected chi connectivity index (χ4v) is 5.77. The third-order valence-corrected chi connectivity index (χ3v) is 7.00. The van der Waals surface area contributed by atoms with Crippen molar-refractivity contribution < 1.29 is 17.9 Å². The summed E-state index contributed by atoms with van der Waals surface area (Å²) in [6.07, 6.45) is 0. The number of esters is 1. The first-order chi connectivity index (χ1) is 9.07. The predicted octanol–water partition coefficient (Wildman–Crippen LogP) is 1.42. The normalized spacial score (nSPS) is 21.2. The molecule has 0 saturated carbocycles. The van der Waals surface area contributed by atoms with Gasteiger partial charge in [0.1, 0.15) is 10.3 Å². The van der Waals surface area contributed by atoms with Crippen LogP contribution in [0, 0.1) is 0 Å². The van der Waals surface area contributed by atoms with Gasteiger partial charge in [0.25, 0.3) is 10.0 Å². The Labute approximate surface area is 121 Å². The number of ether oxygens (including phenoxy) is 1. The van der Waals surface area contributed by atoms with E-state index in [1.54, 1.807) is 36.2 Å². The van der Waals surface area contributed by atoms with E-state index in [9.17, 15) is 13.2 Å². The quantitative estimate of drug-likeness (QED) is 0.785. The molecular formula is C11H15NO4S3. The van der Waals surface area contributed by atoms with Crippen LogP contribution in [0.2, 0.25) is 0 Å². The molecule has 2 rings (SSSR count). The second-order valence-electron chi connectivity index (χ2n) is 3.89. The molecule has 1 aromatic heterocycles. The number of thiophene rings is 1. The summed E-state index contributed by atoms with van der Waals surface area (Å²) in [5, 5.41) is 1.71. The van der Waals surface area contributed by atoms with E-state index in [1.807, 2.05) is 0 Å². The van der Waals surface area contributed by atoms with Gasteiger partial charge in [0.2, 0.25) is 0 Å². The van der Waals surface area contributed by atoms with Crippen LogP contribution >= 0.6 is 23.1 Å². The number of hydrogen-bond donors (Lipinski definition) is 0. The van der Waals surface area contributed by atoms with E-state index < -0.39 is 22.0 Å². The van der Waals surface area contributed by atoms with E-state index in [2.05, 4.69) is 0 Å². The first-order valence-electron chi connectivity index (χ1n) is 5.87. The Balaban J connectivity index is 2.27. The molecule has 5 nitrogen and oxygen atoms in total. The van der Waals surface area contributed by atoms with Crippen LogP contribution < -0.4 is 0 Å². The monoisotopic (exact) mass is 321 g/mol. The summed E-state index contributed by atoms with van der Waals surface area (Å²) in [5.41, 5.74) is 0. The van der Waals surface area contributed by atoms with Crippen LogP contribution in [0.25, 0.3) is 0 Å². The van der Waals surface area contributed by atoms with Gasteiger partial charge in [-0.3, -0.25) is 4.79 Å². The van der Waals surface area contributed by atoms with Gasteiger partial charge in [-0.15, -0.1) is 11.3 Å². The molecule has 0 unspecified atom stereocenters. The highest BCUT2D eigenvalue weighted by Gasteiger charge is 2.39. The topological polar surface area (TPSA) is 63.7 Å². The van der Waals surface area contributed by atoms with E-state index in [0.717, 1.165) is 11.3 Å². The molecular weight excluding hydrogens is 306 g/mol. The zero-order chi connectivity index (χ0) is 13.9. The van der Waals surface area contributed by atoms with Crippen LogP contribution in [0.3, 0.4) is 0 Å². The molecule has 8 heteroatoms. The molecule has 0 bridgehead atoms. The molecule has 0 radical (unpaired) electrons. The Kier molecular flexibility index (Phi) is 4.88. The molecule has 2 heterocycles. The minimum absolute atomic E-state index is 0.257. The standard InChI is InChI=1S/C11H15NO4S3/c1-2-16-11(13)9-8-17-7-5-12(9)19(14,15)10-4-3-6-18-10/h3-4,6,9H,2,5,7-8H2,1H3/t9-/m0/s1. The average molecular weight is 321 g/mol. The van der Waals surface area contributed by atoms with E-state index >= 15 is 0 Å². The van der Waals surface area contributed by atoms with Gasteiger partial charge in [0.05, 0.1) is 6.61 Å². The zero-order valence-electron chi connectivity index (χ0n) is 10.4. The summed E-state index contributed by atoms with van der Waals surface area (Å²) in [5.74, 6) is 0.680. The summed E-state index contributed by atoms with van der Waals surface area (Å²) in [6.45, 7) is 2.31. The number of nitrogens with zero attached hydrogens (tertiary/aromatic N) is 1. The number of carbonyl (C=O) groups excluding carboxylic acids is 1. The second-order valence-corrected chi connectivity index (χ2v) is 8.11. The smallest absolute Gasteiger partial charge is 0.325 e. The molecule has 19 heavy (non-hydrogen) atoms. The lowest BCUT2D eigenvalue weighted by Gasteiger charge is -2.32. The Hall–Kier alpha value is -0.570. The van der Waals surface area contributed by atoms with Crippen molar-refractivity contribution in [3.8, 4) is 0 Å². The Morgan fingerprint density at radius 2 is 2.37 bits per heavy atom. The van der Waals surface area contributed by atoms with Crippen molar-refractivity contribution in [2.45, 2.75) is 17.2 Å². The SMILES string of the molecule is CCOC(=O)[C@@H]1CSCCN1S(=O)(=O)c1cccs1. The average Bonchev–Trinajstić information content (AvgIpc) is 2.93. The lowest BCUT2D eigenvalue weighted by molar-refractivity contribution is -0.146. The molecule has 0 spiro atoms. The molecule has 1 saturated heterocycles. The molecule has 0 amide bonds. The van der Waals surface area contributed by atoms with Crippen LogP contribution in [0.4, 0.5) is 0 Å². The lowest BCUT2D eigenvalue weighted by atomic mass is 10.3. The van der Waals surface area contributed by atoms with Gasteiger partial charge in [-0.05, 0) is 18.4 Å². The molecule has 106 valence electrons. The van der Waals surface area contributed by atoms with Gasteiger partial charge in [-0.25, -0.2) is 8.42 Å². The summed E-state index contributed by atoms with van der Waals surface area (Å²) in [7, 11) is -3.59. The molecule has 1 aliphatic rings. The lowest BCUT2D eigenvalue weighted by Crippen LogP contribution is -2.50. The molecule has 0 aromatic carbocycles. The summed E-state index contributed by atoms with van der Waals surface area (Å²) in [6, 6.07) is 2.53. The van der Waals surface area contributed by atoms with Gasteiger partial charge >= 0.3 is 5.97 Å². The summed E-state index contributed by atoms with van der Waals surface area (Å²) >= 11 is 2.73. The Bertz CT molecular complexity index is 526. The minimum atomic E-state index is -3.59. The molecule has 0 aliphatic carbocycles. The van der Waals surface area contributed by atoms with Crippen LogP contribution in [0.5, 0.6) is 0 Å². The fourth-order valence-electron chi connectivity index (χ4n) is 1.83. The Morgan fingerprint density at radius 3 is 3.00 bits per heavy atom. The van der Waals surface area contributed by atoms with Gasteiger partial charge in [-0.1, -0.05) is 6.07 Å². The van der Waals surface area contributed by atoms with E-state index in [4.69, 9.17) is 4.74 Å². The molecule has 0 N–H and O–H groups in total. The van der Waals surface area contributed by atoms with Gasteiger partial charge in [0, 0.05) is 18.1 Å². The van der Waals surface area contributed by atoms with Crippen molar-refractivity contribution in [2.24, 2.45) is 0 Å². The van der Waals surface area contributed by atoms with Crippen LogP contribution in [-0.2, 0) is 19.6 Å². The number of thioether (sulfide) groups is 1. The van der Waals surface area contributed by atoms with Gasteiger partial charge in [-0.2, -0.15) is 16.1 Å². The highest BCUT2D eigenvalue weighted by Crippen LogP contribution is 2.27. The van der Waals surface area contributed by atoms with Crippen molar-refractivity contribution in [1.82, 2.24) is 4.31 Å². The highest BCUT2D eigenvalue weighted by atomic mass is 32.2. The van der Waals surface area contributed by atoms with Crippen LogP contribution in [-0.4, -0.2) is 49.4 Å². The van der Waals surface area contributed by atoms with Crippen molar-refractivity contribution >= 4 is 39.1 Å². The van der Waals surface area contributed by atoms with Gasteiger partial charge < -0.3 is 4.74 Å². The summed E-state index contributed by atoms with van der Waals surface area (Å²) in [4.78, 5) is 11.9. The molecule has 1 atom stereocenters. The van der Waals surface area contributed by atoms with Crippen molar-refractivity contribution in [3.63, 3.8) is 0 Å². The summed E-state index contributed by atoms with van der Waals surface area (Å²) < 4.78 is 31.5. The number of rotatable bonds is 4. The number of sulfonamides is 1. The first-order valence-corrected chi connectivity index (χ1v) is 9.34. The fraction of sp³-hybridized carbons (Fsp3) is 0.545. The minimum Gasteiger partial charge on any atom is -0.465 e. The third kappa shape index (κ3) is 3.13. The molecule has 1 fully saturated rings. The predicted molar refractivity (Wildman–Crippen MR) is 76.0 cm³/mol. The van der Waals surface area contributed by atoms with Crippen molar-refractivity contribution in [2.75, 3.05) is 24.7 Å². The van der Waals surface area contributed by atoms with Crippen LogP contribution in [0.1, 0.15) is 6.92 Å². The van der Waals surface area contributed by atoms with Crippen molar-refractivity contribution in [3.05, 3.63) is 17.5 Å². The zero-order valence-corrected chi connectivity index (χ0v) is 12.9. The van der Waals surface area contributed by atoms with E-state index in [0.29, 0.717) is 18.1 Å². The maximum absolute atomic E-state index is 12.5. The van der Waals surface area contributed by atoms with Crippen LogP contribution in [0.15, 0.2) is 21.7 Å². The van der Waals surface area contributed by atoms with Crippen molar-refractivity contribution in [1.29, 1.82) is 0 Å². The maximum atomic E-state index is 12.5. The molecule has 1 aromatic rings. The van der Waals surface area contributed by atoms with E-state index in [-0.39, 0.29) is 10.8 Å².